The third kappa shape index (κ3) is 3.33. The Morgan fingerprint density at radius 1 is 1.45 bits per heavy atom. The molecule has 1 heterocycles. The molecule has 2 N–H and O–H groups in total. The van der Waals surface area contributed by atoms with Crippen molar-refractivity contribution in [3.63, 3.8) is 0 Å². The van der Waals surface area contributed by atoms with Gasteiger partial charge in [-0.15, -0.1) is 0 Å². The van der Waals surface area contributed by atoms with E-state index in [-0.39, 0.29) is 0 Å². The van der Waals surface area contributed by atoms with Crippen LogP contribution in [0.5, 0.6) is 5.75 Å². The van der Waals surface area contributed by atoms with Crippen LogP contribution in [0.25, 0.3) is 11.3 Å². The molecule has 2 rings (SSSR count). The zero-order valence-corrected chi connectivity index (χ0v) is 12.6. The molecule has 0 aliphatic rings. The minimum atomic E-state index is 0.743. The average Bonchev–Trinajstić information content (AvgIpc) is 2.95. The topological polar surface area (TPSA) is 62.3 Å². The normalized spacial score (nSPS) is 11.4. The number of aliphatic imine (C=N–C) groups is 1. The van der Waals surface area contributed by atoms with E-state index >= 15 is 0 Å². The number of thioether (sulfide) groups is 1. The van der Waals surface area contributed by atoms with Gasteiger partial charge in [-0.05, 0) is 25.3 Å². The highest BCUT2D eigenvalue weighted by atomic mass is 32.2. The molecule has 0 amide bonds. The van der Waals surface area contributed by atoms with Crippen LogP contribution in [0.3, 0.4) is 0 Å². The molecule has 0 saturated heterocycles. The highest BCUT2D eigenvalue weighted by Crippen LogP contribution is 2.29. The first kappa shape index (κ1) is 14.5. The van der Waals surface area contributed by atoms with Gasteiger partial charge in [-0.3, -0.25) is 10.1 Å². The van der Waals surface area contributed by atoms with E-state index in [1.807, 2.05) is 43.5 Å². The third-order valence-electron chi connectivity index (χ3n) is 2.71. The van der Waals surface area contributed by atoms with Gasteiger partial charge >= 0.3 is 0 Å². The van der Waals surface area contributed by atoms with Crippen LogP contribution in [-0.4, -0.2) is 35.3 Å². The summed E-state index contributed by atoms with van der Waals surface area (Å²) in [6, 6.07) is 9.77. The van der Waals surface area contributed by atoms with Crippen LogP contribution in [0, 0.1) is 0 Å². The molecule has 0 aliphatic heterocycles. The van der Waals surface area contributed by atoms with Crippen molar-refractivity contribution >= 4 is 22.7 Å². The van der Waals surface area contributed by atoms with Crippen LogP contribution >= 0.6 is 11.8 Å². The van der Waals surface area contributed by atoms with Gasteiger partial charge in [0, 0.05) is 18.2 Å². The number of rotatable bonds is 4. The monoisotopic (exact) mass is 290 g/mol. The molecule has 5 nitrogen and oxygen atoms in total. The maximum absolute atomic E-state index is 5.35. The van der Waals surface area contributed by atoms with Crippen molar-refractivity contribution in [2.75, 3.05) is 25.2 Å². The van der Waals surface area contributed by atoms with Gasteiger partial charge in [0.15, 0.2) is 11.0 Å². The molecular formula is C14H18N4OS. The van der Waals surface area contributed by atoms with E-state index in [0.717, 1.165) is 34.5 Å². The highest BCUT2D eigenvalue weighted by Gasteiger charge is 2.09. The maximum atomic E-state index is 5.35. The summed E-state index contributed by atoms with van der Waals surface area (Å²) in [6.07, 6.45) is 1.98. The summed E-state index contributed by atoms with van der Waals surface area (Å²) in [7, 11) is 1.66. The first-order chi connectivity index (χ1) is 9.78. The molecule has 0 radical (unpaired) electrons. The van der Waals surface area contributed by atoms with E-state index in [2.05, 4.69) is 20.5 Å². The first-order valence-corrected chi connectivity index (χ1v) is 7.55. The zero-order valence-electron chi connectivity index (χ0n) is 11.8. The fourth-order valence-corrected chi connectivity index (χ4v) is 2.26. The second-order valence-electron chi connectivity index (χ2n) is 3.98. The van der Waals surface area contributed by atoms with Gasteiger partial charge < -0.3 is 10.1 Å². The van der Waals surface area contributed by atoms with Gasteiger partial charge in [0.2, 0.25) is 0 Å². The minimum Gasteiger partial charge on any atom is -0.496 e. The number of anilines is 1. The van der Waals surface area contributed by atoms with Gasteiger partial charge in [-0.1, -0.05) is 23.9 Å². The molecule has 6 heteroatoms. The number of benzene rings is 1. The average molecular weight is 290 g/mol. The number of nitrogens with zero attached hydrogens (tertiary/aromatic N) is 2. The summed E-state index contributed by atoms with van der Waals surface area (Å²) in [6.45, 7) is 2.75. The Hall–Kier alpha value is -1.95. The number of ether oxygens (including phenoxy) is 1. The Morgan fingerprint density at radius 3 is 2.95 bits per heavy atom. The number of nitrogens with one attached hydrogen (secondary N) is 2. The Labute approximate surface area is 122 Å². The standard InChI is InChI=1S/C14H18N4OS/c1-4-15-14(20-3)16-13-9-11(17-18-13)10-7-5-6-8-12(10)19-2/h5-9H,4H2,1-3H3,(H2,15,16,17,18). The van der Waals surface area contributed by atoms with Gasteiger partial charge in [0.25, 0.3) is 0 Å². The number of aromatic nitrogens is 2. The molecular weight excluding hydrogens is 272 g/mol. The molecule has 0 fully saturated rings. The van der Waals surface area contributed by atoms with Crippen molar-refractivity contribution in [2.45, 2.75) is 6.92 Å². The summed E-state index contributed by atoms with van der Waals surface area (Å²) in [5.74, 6) is 1.56. The number of H-pyrrole nitrogens is 1. The van der Waals surface area contributed by atoms with Gasteiger partial charge in [0.05, 0.1) is 12.8 Å². The van der Waals surface area contributed by atoms with E-state index in [9.17, 15) is 0 Å². The summed E-state index contributed by atoms with van der Waals surface area (Å²) in [5.41, 5.74) is 1.88. The van der Waals surface area contributed by atoms with E-state index in [1.54, 1.807) is 18.9 Å². The van der Waals surface area contributed by atoms with Gasteiger partial charge in [-0.25, -0.2) is 0 Å². The fourth-order valence-electron chi connectivity index (χ4n) is 1.80. The Balaban J connectivity index is 2.22. The number of aromatic amines is 1. The molecule has 0 aliphatic carbocycles. The minimum absolute atomic E-state index is 0.743. The Kier molecular flexibility index (Phi) is 5.06. The molecule has 0 unspecified atom stereocenters. The zero-order chi connectivity index (χ0) is 14.4. The van der Waals surface area contributed by atoms with Crippen LogP contribution < -0.4 is 10.1 Å². The van der Waals surface area contributed by atoms with Crippen molar-refractivity contribution in [1.82, 2.24) is 10.2 Å². The molecule has 0 bridgehead atoms. The van der Waals surface area contributed by atoms with Crippen LogP contribution in [0.2, 0.25) is 0 Å². The van der Waals surface area contributed by atoms with Gasteiger partial charge in [-0.2, -0.15) is 5.10 Å². The number of hydrogen-bond acceptors (Lipinski definition) is 4. The predicted octanol–water partition coefficient (Wildman–Crippen LogP) is 3.24. The fraction of sp³-hybridized carbons (Fsp3) is 0.286. The SMILES string of the molecule is CCN=C(Nc1cc(-c2ccccc2OC)[nH]n1)SC. The molecule has 20 heavy (non-hydrogen) atoms. The van der Waals surface area contributed by atoms with Crippen molar-refractivity contribution < 1.29 is 4.74 Å². The summed E-state index contributed by atoms with van der Waals surface area (Å²) in [4.78, 5) is 4.34. The van der Waals surface area contributed by atoms with Crippen LogP contribution in [0.15, 0.2) is 35.3 Å². The number of amidine groups is 1. The maximum Gasteiger partial charge on any atom is 0.161 e. The van der Waals surface area contributed by atoms with Gasteiger partial charge in [0.1, 0.15) is 5.75 Å². The lowest BCUT2D eigenvalue weighted by atomic mass is 10.1. The number of para-hydroxylation sites is 1. The Bertz CT molecular complexity index is 594. The van der Waals surface area contributed by atoms with Crippen molar-refractivity contribution in [1.29, 1.82) is 0 Å². The van der Waals surface area contributed by atoms with Crippen LogP contribution in [-0.2, 0) is 0 Å². The lowest BCUT2D eigenvalue weighted by Gasteiger charge is -2.05. The van der Waals surface area contributed by atoms with E-state index in [0.29, 0.717) is 0 Å². The second-order valence-corrected chi connectivity index (χ2v) is 4.77. The lowest BCUT2D eigenvalue weighted by molar-refractivity contribution is 0.416. The van der Waals surface area contributed by atoms with Crippen LogP contribution in [0.1, 0.15) is 6.92 Å². The molecule has 0 saturated carbocycles. The molecule has 0 spiro atoms. The molecule has 1 aromatic carbocycles. The summed E-state index contributed by atoms with van der Waals surface area (Å²) >= 11 is 1.56. The highest BCUT2D eigenvalue weighted by molar-refractivity contribution is 8.13. The first-order valence-electron chi connectivity index (χ1n) is 6.32. The second kappa shape index (κ2) is 7.00. The molecule has 1 aromatic heterocycles. The quantitative estimate of drug-likeness (QED) is 0.670. The number of methoxy groups -OCH3 is 1. The third-order valence-corrected chi connectivity index (χ3v) is 3.32. The van der Waals surface area contributed by atoms with E-state index in [4.69, 9.17) is 4.74 Å². The predicted molar refractivity (Wildman–Crippen MR) is 85.7 cm³/mol. The largest absolute Gasteiger partial charge is 0.496 e. The smallest absolute Gasteiger partial charge is 0.161 e. The summed E-state index contributed by atoms with van der Waals surface area (Å²) < 4.78 is 5.35. The number of hydrogen-bond donors (Lipinski definition) is 2. The summed E-state index contributed by atoms with van der Waals surface area (Å²) in [5, 5.41) is 11.3. The molecule has 0 atom stereocenters. The van der Waals surface area contributed by atoms with Crippen molar-refractivity contribution in [3.05, 3.63) is 30.3 Å². The lowest BCUT2D eigenvalue weighted by Crippen LogP contribution is -2.07. The van der Waals surface area contributed by atoms with Crippen molar-refractivity contribution in [3.8, 4) is 17.0 Å². The van der Waals surface area contributed by atoms with E-state index in [1.165, 1.54) is 0 Å². The van der Waals surface area contributed by atoms with Crippen LogP contribution in [0.4, 0.5) is 5.82 Å². The molecule has 106 valence electrons. The van der Waals surface area contributed by atoms with Crippen molar-refractivity contribution in [2.24, 2.45) is 4.99 Å². The molecule has 2 aromatic rings. The Morgan fingerprint density at radius 2 is 2.25 bits per heavy atom. The van der Waals surface area contributed by atoms with E-state index < -0.39 is 0 Å².